The molecule has 13 heavy (non-hydrogen) atoms. The molecule has 0 aromatic rings. The summed E-state index contributed by atoms with van der Waals surface area (Å²) in [7, 11) is -1.66. The van der Waals surface area contributed by atoms with Crippen LogP contribution >= 0.6 is 15.9 Å². The molecule has 4 heteroatoms. The number of alkyl halides is 1. The van der Waals surface area contributed by atoms with Gasteiger partial charge in [0.1, 0.15) is 0 Å². The Bertz CT molecular complexity index is 154. The fourth-order valence-electron chi connectivity index (χ4n) is 0.566. The molecule has 0 heterocycles. The molecular formula is C9H21BrO2Si. The summed E-state index contributed by atoms with van der Waals surface area (Å²) >= 11 is 3.22. The van der Waals surface area contributed by atoms with E-state index in [1.54, 1.807) is 0 Å². The van der Waals surface area contributed by atoms with E-state index in [-0.39, 0.29) is 11.1 Å². The summed E-state index contributed by atoms with van der Waals surface area (Å²) < 4.78 is 5.81. The third-order valence-corrected chi connectivity index (χ3v) is 7.87. The van der Waals surface area contributed by atoms with Crippen molar-refractivity contribution >= 4 is 24.2 Å². The van der Waals surface area contributed by atoms with Gasteiger partial charge in [-0.1, -0.05) is 36.7 Å². The molecule has 0 unspecified atom stereocenters. The minimum Gasteiger partial charge on any atom is -0.414 e. The Balaban J connectivity index is 4.04. The lowest BCUT2D eigenvalue weighted by molar-refractivity contribution is 0.119. The largest absolute Gasteiger partial charge is 0.414 e. The van der Waals surface area contributed by atoms with Crippen LogP contribution in [0.3, 0.4) is 0 Å². The molecule has 0 aromatic heterocycles. The second kappa shape index (κ2) is 4.91. The van der Waals surface area contributed by atoms with Crippen molar-refractivity contribution in [2.24, 2.45) is 0 Å². The van der Waals surface area contributed by atoms with Gasteiger partial charge in [-0.3, -0.25) is 0 Å². The molecule has 0 aromatic carbocycles. The molecule has 0 aliphatic carbocycles. The van der Waals surface area contributed by atoms with E-state index < -0.39 is 8.32 Å². The van der Waals surface area contributed by atoms with Crippen LogP contribution in [0.4, 0.5) is 0 Å². The van der Waals surface area contributed by atoms with Gasteiger partial charge in [-0.05, 0) is 18.1 Å². The average Bonchev–Trinajstić information content (AvgIpc) is 1.98. The molecule has 2 nitrogen and oxygen atoms in total. The first kappa shape index (κ1) is 13.6. The van der Waals surface area contributed by atoms with Gasteiger partial charge in [0.15, 0.2) is 8.32 Å². The third kappa shape index (κ3) is 4.58. The van der Waals surface area contributed by atoms with E-state index in [9.17, 15) is 5.11 Å². The van der Waals surface area contributed by atoms with E-state index in [1.165, 1.54) is 0 Å². The SMILES string of the molecule is CC(C)(C)[Si](C)(C)OC[C@H](O)CBr. The molecule has 1 N–H and O–H groups in total. The Morgan fingerprint density at radius 1 is 1.38 bits per heavy atom. The van der Waals surface area contributed by atoms with Crippen molar-refractivity contribution in [2.45, 2.75) is 45.0 Å². The predicted molar refractivity (Wildman–Crippen MR) is 62.9 cm³/mol. The third-order valence-electron chi connectivity index (χ3n) is 2.62. The van der Waals surface area contributed by atoms with Gasteiger partial charge < -0.3 is 9.53 Å². The van der Waals surface area contributed by atoms with Gasteiger partial charge in [0.25, 0.3) is 0 Å². The Morgan fingerprint density at radius 2 is 1.85 bits per heavy atom. The number of halogens is 1. The summed E-state index contributed by atoms with van der Waals surface area (Å²) in [5, 5.41) is 10.1. The topological polar surface area (TPSA) is 29.5 Å². The van der Waals surface area contributed by atoms with Gasteiger partial charge in [-0.15, -0.1) is 0 Å². The second-order valence-corrected chi connectivity index (χ2v) is 10.3. The lowest BCUT2D eigenvalue weighted by Gasteiger charge is -2.36. The maximum absolute atomic E-state index is 9.34. The molecule has 0 amide bonds. The van der Waals surface area contributed by atoms with Crippen molar-refractivity contribution in [1.29, 1.82) is 0 Å². The maximum Gasteiger partial charge on any atom is 0.192 e. The van der Waals surface area contributed by atoms with E-state index in [4.69, 9.17) is 4.43 Å². The van der Waals surface area contributed by atoms with Gasteiger partial charge in [0.05, 0.1) is 12.7 Å². The zero-order chi connectivity index (χ0) is 10.7. The monoisotopic (exact) mass is 268 g/mol. The molecule has 0 saturated carbocycles. The summed E-state index contributed by atoms with van der Waals surface area (Å²) in [6.45, 7) is 11.4. The molecule has 0 spiro atoms. The standard InChI is InChI=1S/C9H21BrO2Si/c1-9(2,3)13(4,5)12-7-8(11)6-10/h8,11H,6-7H2,1-5H3/t8-/m1/s1. The van der Waals surface area contributed by atoms with E-state index >= 15 is 0 Å². The summed E-state index contributed by atoms with van der Waals surface area (Å²) in [4.78, 5) is 0. The molecule has 80 valence electrons. The Labute approximate surface area is 90.9 Å². The molecule has 0 saturated heterocycles. The van der Waals surface area contributed by atoms with Crippen molar-refractivity contribution in [1.82, 2.24) is 0 Å². The van der Waals surface area contributed by atoms with E-state index in [1.807, 2.05) is 0 Å². The number of hydrogen-bond acceptors (Lipinski definition) is 2. The van der Waals surface area contributed by atoms with Gasteiger partial charge in [-0.25, -0.2) is 0 Å². The number of rotatable bonds is 4. The number of hydrogen-bond donors (Lipinski definition) is 1. The summed E-state index contributed by atoms with van der Waals surface area (Å²) in [5.74, 6) is 0. The van der Waals surface area contributed by atoms with Crippen LogP contribution in [0, 0.1) is 0 Å². The lowest BCUT2D eigenvalue weighted by Crippen LogP contribution is -2.42. The summed E-state index contributed by atoms with van der Waals surface area (Å²) in [5.41, 5.74) is 0. The normalized spacial score (nSPS) is 15.9. The number of aliphatic hydroxyl groups is 1. The van der Waals surface area contributed by atoms with Crippen molar-refractivity contribution in [3.63, 3.8) is 0 Å². The fourth-order valence-corrected chi connectivity index (χ4v) is 1.79. The van der Waals surface area contributed by atoms with Crippen molar-refractivity contribution < 1.29 is 9.53 Å². The molecule has 0 bridgehead atoms. The van der Waals surface area contributed by atoms with Crippen LogP contribution in [-0.4, -0.2) is 31.5 Å². The van der Waals surface area contributed by atoms with Gasteiger partial charge in [0, 0.05) is 5.33 Å². The van der Waals surface area contributed by atoms with Crippen LogP contribution in [0.25, 0.3) is 0 Å². The van der Waals surface area contributed by atoms with Gasteiger partial charge in [-0.2, -0.15) is 0 Å². The summed E-state index contributed by atoms with van der Waals surface area (Å²) in [6, 6.07) is 0. The smallest absolute Gasteiger partial charge is 0.192 e. The quantitative estimate of drug-likeness (QED) is 0.628. The van der Waals surface area contributed by atoms with Crippen LogP contribution in [0.5, 0.6) is 0 Å². The lowest BCUT2D eigenvalue weighted by atomic mass is 10.2. The van der Waals surface area contributed by atoms with Crippen LogP contribution in [0.2, 0.25) is 18.1 Å². The van der Waals surface area contributed by atoms with E-state index in [0.29, 0.717) is 11.9 Å². The highest BCUT2D eigenvalue weighted by Crippen LogP contribution is 2.36. The van der Waals surface area contributed by atoms with Crippen LogP contribution in [0.1, 0.15) is 20.8 Å². The molecule has 0 radical (unpaired) electrons. The molecule has 0 aliphatic rings. The molecule has 0 fully saturated rings. The van der Waals surface area contributed by atoms with Crippen LogP contribution in [-0.2, 0) is 4.43 Å². The highest BCUT2D eigenvalue weighted by molar-refractivity contribution is 9.09. The van der Waals surface area contributed by atoms with E-state index in [0.717, 1.165) is 0 Å². The Morgan fingerprint density at radius 3 is 2.15 bits per heavy atom. The van der Waals surface area contributed by atoms with Crippen LogP contribution < -0.4 is 0 Å². The maximum atomic E-state index is 9.34. The average molecular weight is 269 g/mol. The first-order chi connectivity index (χ1) is 5.70. The first-order valence-corrected chi connectivity index (χ1v) is 8.61. The van der Waals surface area contributed by atoms with Crippen molar-refractivity contribution in [3.05, 3.63) is 0 Å². The Kier molecular flexibility index (Phi) is 5.15. The minimum atomic E-state index is -1.66. The predicted octanol–water partition coefficient (Wildman–Crippen LogP) is 2.76. The zero-order valence-electron chi connectivity index (χ0n) is 9.22. The first-order valence-electron chi connectivity index (χ1n) is 4.58. The molecular weight excluding hydrogens is 248 g/mol. The molecule has 0 rings (SSSR count). The zero-order valence-corrected chi connectivity index (χ0v) is 11.8. The molecule has 0 aliphatic heterocycles. The highest BCUT2D eigenvalue weighted by Gasteiger charge is 2.37. The van der Waals surface area contributed by atoms with Crippen molar-refractivity contribution in [2.75, 3.05) is 11.9 Å². The van der Waals surface area contributed by atoms with Gasteiger partial charge in [0.2, 0.25) is 0 Å². The Hall–Kier alpha value is 0.617. The highest BCUT2D eigenvalue weighted by atomic mass is 79.9. The molecule has 1 atom stereocenters. The summed E-state index contributed by atoms with van der Waals surface area (Å²) in [6.07, 6.45) is -0.380. The number of aliphatic hydroxyl groups excluding tert-OH is 1. The minimum absolute atomic E-state index is 0.221. The van der Waals surface area contributed by atoms with Crippen molar-refractivity contribution in [3.8, 4) is 0 Å². The second-order valence-electron chi connectivity index (χ2n) is 4.88. The van der Waals surface area contributed by atoms with Gasteiger partial charge >= 0.3 is 0 Å². The van der Waals surface area contributed by atoms with Crippen LogP contribution in [0.15, 0.2) is 0 Å². The fraction of sp³-hybridized carbons (Fsp3) is 1.00. The van der Waals surface area contributed by atoms with E-state index in [2.05, 4.69) is 49.8 Å².